The maximum atomic E-state index is 5.30. The van der Waals surface area contributed by atoms with Crippen LogP contribution in [0.3, 0.4) is 0 Å². The quantitative estimate of drug-likeness (QED) is 0.160. The monoisotopic (exact) mass is 840 g/mol. The van der Waals surface area contributed by atoms with Gasteiger partial charge in [0.15, 0.2) is 5.82 Å². The number of hydrogen-bond acceptors (Lipinski definition) is 2. The normalized spacial score (nSPS) is 11.6. The summed E-state index contributed by atoms with van der Waals surface area (Å²) in [4.78, 5) is 10.6. The Hall–Kier alpha value is -8.86. The maximum absolute atomic E-state index is 5.30. The van der Waals surface area contributed by atoms with Crippen molar-refractivity contribution in [3.05, 3.63) is 243 Å². The molecule has 4 nitrogen and oxygen atoms in total. The molecule has 0 spiro atoms. The van der Waals surface area contributed by atoms with E-state index in [0.29, 0.717) is 5.82 Å². The summed E-state index contributed by atoms with van der Waals surface area (Å²) in [6.45, 7) is 0. The smallest absolute Gasteiger partial charge is 0.160 e. The zero-order valence-corrected chi connectivity index (χ0v) is 35.9. The average molecular weight is 841 g/mol. The lowest BCUT2D eigenvalue weighted by molar-refractivity contribution is 1.15. The summed E-state index contributed by atoms with van der Waals surface area (Å²) >= 11 is 0. The van der Waals surface area contributed by atoms with E-state index in [4.69, 9.17) is 9.97 Å². The van der Waals surface area contributed by atoms with Crippen LogP contribution >= 0.6 is 0 Å². The van der Waals surface area contributed by atoms with Crippen LogP contribution in [0.4, 0.5) is 0 Å². The third kappa shape index (κ3) is 6.30. The zero-order chi connectivity index (χ0) is 43.6. The molecule has 0 saturated heterocycles. The molecule has 0 aliphatic carbocycles. The number of fused-ring (bicyclic) bond motifs is 8. The Balaban J connectivity index is 0.986. The van der Waals surface area contributed by atoms with Crippen LogP contribution in [-0.4, -0.2) is 19.1 Å². The largest absolute Gasteiger partial charge is 0.307 e. The van der Waals surface area contributed by atoms with E-state index in [1.54, 1.807) is 0 Å². The van der Waals surface area contributed by atoms with Crippen LogP contribution in [0.1, 0.15) is 0 Å². The number of para-hydroxylation sites is 3. The third-order valence-corrected chi connectivity index (χ3v) is 13.1. The molecule has 0 fully saturated rings. The van der Waals surface area contributed by atoms with E-state index >= 15 is 0 Å². The lowest BCUT2D eigenvalue weighted by Crippen LogP contribution is -1.99. The lowest BCUT2D eigenvalue weighted by Gasteiger charge is -2.14. The minimum absolute atomic E-state index is 0.681. The standard InChI is InChI=1S/C62H40N4/c1-4-14-41(15-5-1)43-24-29-46(30-25-43)56-40-57(47-31-26-44(27-32-47)42-16-6-2-7-17-42)64-62(63-56)48-33-28-45-34-35-51(39-49(45)38-48)66-59-23-13-11-21-53(59)55-37-36-54-52-20-10-12-22-58(52)65(60(54)61(55)66)50-18-8-3-9-19-50/h1-40H. The summed E-state index contributed by atoms with van der Waals surface area (Å²) in [6, 6.07) is 86.9. The second-order valence-electron chi connectivity index (χ2n) is 17.0. The number of rotatable bonds is 7. The highest BCUT2D eigenvalue weighted by atomic mass is 15.0. The van der Waals surface area contributed by atoms with Crippen LogP contribution in [0.15, 0.2) is 243 Å². The van der Waals surface area contributed by atoms with Gasteiger partial charge in [-0.2, -0.15) is 0 Å². The van der Waals surface area contributed by atoms with Gasteiger partial charge in [0, 0.05) is 49.6 Å². The molecular formula is C62H40N4. The van der Waals surface area contributed by atoms with Crippen LogP contribution in [0.25, 0.3) is 122 Å². The van der Waals surface area contributed by atoms with Crippen molar-refractivity contribution in [1.29, 1.82) is 0 Å². The Morgan fingerprint density at radius 1 is 0.258 bits per heavy atom. The highest BCUT2D eigenvalue weighted by molar-refractivity contribution is 6.24. The summed E-state index contributed by atoms with van der Waals surface area (Å²) in [5, 5.41) is 7.17. The van der Waals surface area contributed by atoms with Gasteiger partial charge in [-0.1, -0.05) is 194 Å². The van der Waals surface area contributed by atoms with Crippen molar-refractivity contribution < 1.29 is 0 Å². The number of hydrogen-bond donors (Lipinski definition) is 0. The van der Waals surface area contributed by atoms with Crippen LogP contribution in [0.5, 0.6) is 0 Å². The van der Waals surface area contributed by atoms with Gasteiger partial charge in [-0.15, -0.1) is 0 Å². The van der Waals surface area contributed by atoms with Crippen molar-refractivity contribution in [3.8, 4) is 67.5 Å². The third-order valence-electron chi connectivity index (χ3n) is 13.1. The van der Waals surface area contributed by atoms with E-state index in [-0.39, 0.29) is 0 Å². The molecule has 0 saturated carbocycles. The molecule has 0 bridgehead atoms. The molecule has 0 radical (unpaired) electrons. The van der Waals surface area contributed by atoms with Crippen LogP contribution < -0.4 is 0 Å². The Bertz CT molecular complexity index is 3840. The molecule has 308 valence electrons. The SMILES string of the molecule is c1ccc(-c2ccc(-c3cc(-c4ccc(-c5ccccc5)cc4)nc(-c4ccc5ccc(-n6c7ccccc7c7ccc8c9ccccc9n(-c9ccccc9)c8c76)cc5c4)n3)cc2)cc1. The minimum atomic E-state index is 0.681. The molecular weight excluding hydrogens is 801 g/mol. The Labute approximate surface area is 382 Å². The van der Waals surface area contributed by atoms with E-state index in [1.807, 2.05) is 0 Å². The molecule has 4 heteroatoms. The number of benzene rings is 10. The number of aromatic nitrogens is 4. The number of nitrogens with zero attached hydrogens (tertiary/aromatic N) is 4. The van der Waals surface area contributed by atoms with Gasteiger partial charge in [-0.3, -0.25) is 0 Å². The van der Waals surface area contributed by atoms with Crippen LogP contribution in [0, 0.1) is 0 Å². The van der Waals surface area contributed by atoms with Crippen molar-refractivity contribution in [1.82, 2.24) is 19.1 Å². The van der Waals surface area contributed by atoms with E-state index in [1.165, 1.54) is 60.3 Å². The van der Waals surface area contributed by atoms with E-state index in [2.05, 4.69) is 252 Å². The fourth-order valence-electron chi connectivity index (χ4n) is 9.93. The first-order valence-corrected chi connectivity index (χ1v) is 22.5. The van der Waals surface area contributed by atoms with Crippen molar-refractivity contribution in [3.63, 3.8) is 0 Å². The first-order chi connectivity index (χ1) is 32.7. The zero-order valence-electron chi connectivity index (χ0n) is 35.9. The summed E-state index contributed by atoms with van der Waals surface area (Å²) in [5.41, 5.74) is 16.4. The van der Waals surface area contributed by atoms with Crippen molar-refractivity contribution >= 4 is 54.4 Å². The highest BCUT2D eigenvalue weighted by Crippen LogP contribution is 2.42. The van der Waals surface area contributed by atoms with Gasteiger partial charge in [-0.05, 0) is 81.6 Å². The molecule has 0 atom stereocenters. The molecule has 0 unspecified atom stereocenters. The summed E-state index contributed by atoms with van der Waals surface area (Å²) in [5.74, 6) is 0.681. The summed E-state index contributed by atoms with van der Waals surface area (Å²) < 4.78 is 4.90. The predicted octanol–water partition coefficient (Wildman–Crippen LogP) is 16.2. The van der Waals surface area contributed by atoms with Gasteiger partial charge >= 0.3 is 0 Å². The first-order valence-electron chi connectivity index (χ1n) is 22.5. The molecule has 10 aromatic carbocycles. The van der Waals surface area contributed by atoms with Gasteiger partial charge in [0.1, 0.15) is 0 Å². The lowest BCUT2D eigenvalue weighted by atomic mass is 10.00. The molecule has 0 aliphatic heterocycles. The molecule has 13 aromatic rings. The second-order valence-corrected chi connectivity index (χ2v) is 17.0. The maximum Gasteiger partial charge on any atom is 0.160 e. The summed E-state index contributed by atoms with van der Waals surface area (Å²) in [6.07, 6.45) is 0. The molecule has 0 N–H and O–H groups in total. The molecule has 3 heterocycles. The average Bonchev–Trinajstić information content (AvgIpc) is 3.92. The fourth-order valence-corrected chi connectivity index (χ4v) is 9.93. The van der Waals surface area contributed by atoms with Crippen molar-refractivity contribution in [2.45, 2.75) is 0 Å². The molecule has 3 aromatic heterocycles. The minimum Gasteiger partial charge on any atom is -0.307 e. The molecule has 13 rings (SSSR count). The molecule has 66 heavy (non-hydrogen) atoms. The Morgan fingerprint density at radius 2 is 0.682 bits per heavy atom. The predicted molar refractivity (Wildman–Crippen MR) is 275 cm³/mol. The van der Waals surface area contributed by atoms with Crippen molar-refractivity contribution in [2.75, 3.05) is 0 Å². The van der Waals surface area contributed by atoms with Gasteiger partial charge in [-0.25, -0.2) is 9.97 Å². The van der Waals surface area contributed by atoms with E-state index in [9.17, 15) is 0 Å². The molecule has 0 amide bonds. The van der Waals surface area contributed by atoms with E-state index < -0.39 is 0 Å². The second kappa shape index (κ2) is 15.4. The first kappa shape index (κ1) is 37.7. The topological polar surface area (TPSA) is 35.6 Å². The Kier molecular flexibility index (Phi) is 8.81. The van der Waals surface area contributed by atoms with Crippen LogP contribution in [0.2, 0.25) is 0 Å². The van der Waals surface area contributed by atoms with E-state index in [0.717, 1.165) is 55.7 Å². The van der Waals surface area contributed by atoms with Gasteiger partial charge in [0.2, 0.25) is 0 Å². The Morgan fingerprint density at radius 3 is 1.23 bits per heavy atom. The van der Waals surface area contributed by atoms with Gasteiger partial charge < -0.3 is 9.13 Å². The molecule has 0 aliphatic rings. The summed E-state index contributed by atoms with van der Waals surface area (Å²) in [7, 11) is 0. The highest BCUT2D eigenvalue weighted by Gasteiger charge is 2.21. The van der Waals surface area contributed by atoms with Gasteiger partial charge in [0.25, 0.3) is 0 Å². The van der Waals surface area contributed by atoms with Gasteiger partial charge in [0.05, 0.1) is 33.5 Å². The van der Waals surface area contributed by atoms with Crippen LogP contribution in [-0.2, 0) is 0 Å². The fraction of sp³-hybridized carbons (Fsp3) is 0. The van der Waals surface area contributed by atoms with Crippen molar-refractivity contribution in [2.24, 2.45) is 0 Å².